The molecule has 2 amide bonds. The van der Waals surface area contributed by atoms with Gasteiger partial charge in [0.15, 0.2) is 0 Å². The SMILES string of the molecule is COCC(C)NC(=O)C1CCN(C(=O)c2ccc(Br)cc2)CC1. The number of nitrogens with zero attached hydrogens (tertiary/aromatic N) is 1. The molecule has 1 atom stereocenters. The van der Waals surface area contributed by atoms with Gasteiger partial charge in [-0.15, -0.1) is 0 Å². The molecular weight excluding hydrogens is 360 g/mol. The fourth-order valence-corrected chi connectivity index (χ4v) is 3.04. The Morgan fingerprint density at radius 2 is 1.91 bits per heavy atom. The van der Waals surface area contributed by atoms with Crippen molar-refractivity contribution in [2.75, 3.05) is 26.8 Å². The lowest BCUT2D eigenvalue weighted by Crippen LogP contribution is -2.45. The molecule has 0 spiro atoms. The Morgan fingerprint density at radius 1 is 1.30 bits per heavy atom. The molecule has 1 fully saturated rings. The topological polar surface area (TPSA) is 58.6 Å². The highest BCUT2D eigenvalue weighted by molar-refractivity contribution is 9.10. The third-order valence-electron chi connectivity index (χ3n) is 4.05. The average molecular weight is 383 g/mol. The van der Waals surface area contributed by atoms with Gasteiger partial charge < -0.3 is 15.0 Å². The lowest BCUT2D eigenvalue weighted by atomic mass is 9.95. The van der Waals surface area contributed by atoms with Crippen molar-refractivity contribution in [1.29, 1.82) is 0 Å². The highest BCUT2D eigenvalue weighted by Gasteiger charge is 2.28. The van der Waals surface area contributed by atoms with Gasteiger partial charge in [-0.05, 0) is 44.0 Å². The molecule has 1 N–H and O–H groups in total. The van der Waals surface area contributed by atoms with E-state index in [2.05, 4.69) is 21.2 Å². The van der Waals surface area contributed by atoms with Crippen molar-refractivity contribution in [3.05, 3.63) is 34.3 Å². The number of carbonyl (C=O) groups is 2. The maximum atomic E-state index is 12.4. The summed E-state index contributed by atoms with van der Waals surface area (Å²) in [5, 5.41) is 2.96. The van der Waals surface area contributed by atoms with Gasteiger partial charge in [0.1, 0.15) is 0 Å². The summed E-state index contributed by atoms with van der Waals surface area (Å²) in [5.41, 5.74) is 0.685. The number of nitrogens with one attached hydrogen (secondary N) is 1. The van der Waals surface area contributed by atoms with E-state index >= 15 is 0 Å². The number of carbonyl (C=O) groups excluding carboxylic acids is 2. The predicted octanol–water partition coefficient (Wildman–Crippen LogP) is 2.45. The Kier molecular flexibility index (Phi) is 6.59. The first-order chi connectivity index (χ1) is 11.0. The number of hydrogen-bond donors (Lipinski definition) is 1. The minimum Gasteiger partial charge on any atom is -0.383 e. The summed E-state index contributed by atoms with van der Waals surface area (Å²) in [7, 11) is 1.62. The minimum absolute atomic E-state index is 0.00919. The zero-order chi connectivity index (χ0) is 16.8. The number of amides is 2. The number of benzene rings is 1. The number of halogens is 1. The molecule has 0 aromatic heterocycles. The largest absolute Gasteiger partial charge is 0.383 e. The number of piperidine rings is 1. The Balaban J connectivity index is 1.84. The van der Waals surface area contributed by atoms with Gasteiger partial charge >= 0.3 is 0 Å². The van der Waals surface area contributed by atoms with Crippen LogP contribution in [0, 0.1) is 5.92 Å². The smallest absolute Gasteiger partial charge is 0.253 e. The third-order valence-corrected chi connectivity index (χ3v) is 4.58. The van der Waals surface area contributed by atoms with Crippen molar-refractivity contribution in [1.82, 2.24) is 10.2 Å². The Labute approximate surface area is 145 Å². The molecule has 5 nitrogen and oxygen atoms in total. The van der Waals surface area contributed by atoms with Crippen molar-refractivity contribution in [3.8, 4) is 0 Å². The van der Waals surface area contributed by atoms with Crippen LogP contribution >= 0.6 is 15.9 Å². The third kappa shape index (κ3) is 5.04. The number of ether oxygens (including phenoxy) is 1. The highest BCUT2D eigenvalue weighted by atomic mass is 79.9. The van der Waals surface area contributed by atoms with Gasteiger partial charge in [0.05, 0.1) is 6.61 Å². The number of methoxy groups -OCH3 is 1. The van der Waals surface area contributed by atoms with Crippen LogP contribution in [-0.2, 0) is 9.53 Å². The molecule has 1 aromatic carbocycles. The maximum Gasteiger partial charge on any atom is 0.253 e. The molecule has 6 heteroatoms. The summed E-state index contributed by atoms with van der Waals surface area (Å²) in [4.78, 5) is 26.5. The Hall–Kier alpha value is -1.40. The summed E-state index contributed by atoms with van der Waals surface area (Å²) in [5.74, 6) is 0.0673. The molecule has 1 heterocycles. The van der Waals surface area contributed by atoms with Crippen molar-refractivity contribution in [2.24, 2.45) is 5.92 Å². The first-order valence-electron chi connectivity index (χ1n) is 7.85. The Bertz CT molecular complexity index is 539. The van der Waals surface area contributed by atoms with Crippen LogP contribution in [0.2, 0.25) is 0 Å². The van der Waals surface area contributed by atoms with Crippen LogP contribution in [-0.4, -0.2) is 49.6 Å². The lowest BCUT2D eigenvalue weighted by Gasteiger charge is -2.32. The molecule has 126 valence electrons. The molecule has 1 saturated heterocycles. The van der Waals surface area contributed by atoms with E-state index in [-0.39, 0.29) is 23.8 Å². The first kappa shape index (κ1) is 17.9. The normalized spacial score (nSPS) is 16.9. The predicted molar refractivity (Wildman–Crippen MR) is 92.3 cm³/mol. The molecule has 1 aliphatic heterocycles. The minimum atomic E-state index is -0.0247. The Morgan fingerprint density at radius 3 is 2.48 bits per heavy atom. The quantitative estimate of drug-likeness (QED) is 0.850. The van der Waals surface area contributed by atoms with Crippen LogP contribution in [0.5, 0.6) is 0 Å². The van der Waals surface area contributed by atoms with Gasteiger partial charge in [0.25, 0.3) is 5.91 Å². The van der Waals surface area contributed by atoms with E-state index in [1.807, 2.05) is 36.1 Å². The van der Waals surface area contributed by atoms with Crippen LogP contribution < -0.4 is 5.32 Å². The number of likely N-dealkylation sites (tertiary alicyclic amines) is 1. The summed E-state index contributed by atoms with van der Waals surface area (Å²) >= 11 is 3.37. The fraction of sp³-hybridized carbons (Fsp3) is 0.529. The van der Waals surface area contributed by atoms with Crippen LogP contribution in [0.25, 0.3) is 0 Å². The summed E-state index contributed by atoms with van der Waals surface area (Å²) in [6.45, 7) is 3.66. The van der Waals surface area contributed by atoms with Crippen LogP contribution in [0.4, 0.5) is 0 Å². The second-order valence-electron chi connectivity index (χ2n) is 5.94. The fourth-order valence-electron chi connectivity index (χ4n) is 2.77. The number of hydrogen-bond acceptors (Lipinski definition) is 3. The highest BCUT2D eigenvalue weighted by Crippen LogP contribution is 2.20. The van der Waals surface area contributed by atoms with E-state index in [0.29, 0.717) is 38.1 Å². The van der Waals surface area contributed by atoms with Crippen molar-refractivity contribution in [3.63, 3.8) is 0 Å². The van der Waals surface area contributed by atoms with E-state index < -0.39 is 0 Å². The van der Waals surface area contributed by atoms with E-state index in [9.17, 15) is 9.59 Å². The van der Waals surface area contributed by atoms with Gasteiger partial charge in [-0.25, -0.2) is 0 Å². The standard InChI is InChI=1S/C17H23BrN2O3/c1-12(11-23-2)19-16(21)13-7-9-20(10-8-13)17(22)14-3-5-15(18)6-4-14/h3-6,12-13H,7-11H2,1-2H3,(H,19,21). The van der Waals surface area contributed by atoms with Crippen molar-refractivity contribution >= 4 is 27.7 Å². The van der Waals surface area contributed by atoms with Gasteiger partial charge in [-0.2, -0.15) is 0 Å². The van der Waals surface area contributed by atoms with E-state index in [4.69, 9.17) is 4.74 Å². The van der Waals surface area contributed by atoms with E-state index in [0.717, 1.165) is 4.47 Å². The molecule has 1 unspecified atom stereocenters. The number of rotatable bonds is 5. The second kappa shape index (κ2) is 8.45. The van der Waals surface area contributed by atoms with Gasteiger partial charge in [0.2, 0.25) is 5.91 Å². The monoisotopic (exact) mass is 382 g/mol. The van der Waals surface area contributed by atoms with Gasteiger partial charge in [0, 0.05) is 42.2 Å². The summed E-state index contributed by atoms with van der Waals surface area (Å²) in [6.07, 6.45) is 1.40. The molecular formula is C17H23BrN2O3. The summed E-state index contributed by atoms with van der Waals surface area (Å²) < 4.78 is 5.98. The molecule has 1 aliphatic rings. The average Bonchev–Trinajstić information content (AvgIpc) is 2.55. The zero-order valence-electron chi connectivity index (χ0n) is 13.5. The molecule has 0 bridgehead atoms. The molecule has 0 radical (unpaired) electrons. The van der Waals surface area contributed by atoms with Crippen LogP contribution in [0.3, 0.4) is 0 Å². The molecule has 0 saturated carbocycles. The second-order valence-corrected chi connectivity index (χ2v) is 6.85. The first-order valence-corrected chi connectivity index (χ1v) is 8.64. The molecule has 2 rings (SSSR count). The van der Waals surface area contributed by atoms with E-state index in [1.54, 1.807) is 7.11 Å². The van der Waals surface area contributed by atoms with Gasteiger partial charge in [-0.1, -0.05) is 15.9 Å². The molecule has 1 aromatic rings. The molecule has 0 aliphatic carbocycles. The zero-order valence-corrected chi connectivity index (χ0v) is 15.1. The van der Waals surface area contributed by atoms with Gasteiger partial charge in [-0.3, -0.25) is 9.59 Å². The van der Waals surface area contributed by atoms with Crippen LogP contribution in [0.15, 0.2) is 28.7 Å². The van der Waals surface area contributed by atoms with Crippen molar-refractivity contribution < 1.29 is 14.3 Å². The lowest BCUT2D eigenvalue weighted by molar-refractivity contribution is -0.127. The summed E-state index contributed by atoms with van der Waals surface area (Å²) in [6, 6.07) is 7.37. The molecule has 23 heavy (non-hydrogen) atoms. The van der Waals surface area contributed by atoms with Crippen molar-refractivity contribution in [2.45, 2.75) is 25.8 Å². The van der Waals surface area contributed by atoms with E-state index in [1.165, 1.54) is 0 Å². The van der Waals surface area contributed by atoms with Crippen LogP contribution in [0.1, 0.15) is 30.1 Å². The maximum absolute atomic E-state index is 12.4.